The molecule has 0 saturated carbocycles. The van der Waals surface area contributed by atoms with E-state index in [1.165, 1.54) is 23.0 Å². The molecule has 2 N–H and O–H groups in total. The zero-order valence-corrected chi connectivity index (χ0v) is 11.6. The van der Waals surface area contributed by atoms with Crippen molar-refractivity contribution in [2.75, 3.05) is 7.11 Å². The number of methoxy groups -OCH3 is 1. The number of rotatable bonds is 4. The summed E-state index contributed by atoms with van der Waals surface area (Å²) >= 11 is 0. The van der Waals surface area contributed by atoms with E-state index in [-0.39, 0.29) is 6.04 Å². The Labute approximate surface area is 113 Å². The van der Waals surface area contributed by atoms with Crippen molar-refractivity contribution in [2.24, 2.45) is 5.73 Å². The Morgan fingerprint density at radius 2 is 1.89 bits per heavy atom. The fourth-order valence-corrected chi connectivity index (χ4v) is 2.34. The Morgan fingerprint density at radius 3 is 2.53 bits per heavy atom. The lowest BCUT2D eigenvalue weighted by atomic mass is 9.94. The first-order valence-electron chi connectivity index (χ1n) is 6.28. The van der Waals surface area contributed by atoms with E-state index in [1.54, 1.807) is 7.11 Å². The first kappa shape index (κ1) is 13.5. The molecule has 0 fully saturated rings. The van der Waals surface area contributed by atoms with Gasteiger partial charge in [-0.3, -0.25) is 0 Å². The average molecular weight is 257 g/mol. The summed E-state index contributed by atoms with van der Waals surface area (Å²) in [6.07, 6.45) is 2.18. The normalized spacial score (nSPS) is 12.2. The quantitative estimate of drug-likeness (QED) is 0.913. The summed E-state index contributed by atoms with van der Waals surface area (Å²) in [6.45, 7) is 4.17. The molecule has 0 saturated heterocycles. The van der Waals surface area contributed by atoms with E-state index in [2.05, 4.69) is 42.0 Å². The van der Waals surface area contributed by atoms with Crippen LogP contribution in [0.4, 0.5) is 0 Å². The van der Waals surface area contributed by atoms with E-state index < -0.39 is 0 Å². The lowest BCUT2D eigenvalue weighted by Crippen LogP contribution is -2.17. The smallest absolute Gasteiger partial charge is 0.216 e. The van der Waals surface area contributed by atoms with Gasteiger partial charge in [0.25, 0.3) is 0 Å². The second-order valence-electron chi connectivity index (χ2n) is 4.67. The molecule has 4 heteroatoms. The van der Waals surface area contributed by atoms with Gasteiger partial charge in [0.1, 0.15) is 6.33 Å². The van der Waals surface area contributed by atoms with Gasteiger partial charge in [0.05, 0.1) is 7.11 Å². The van der Waals surface area contributed by atoms with Crippen LogP contribution in [0.1, 0.15) is 28.4 Å². The van der Waals surface area contributed by atoms with Crippen molar-refractivity contribution >= 4 is 0 Å². The molecule has 100 valence electrons. The molecular formula is C15H19N3O. The maximum atomic E-state index is 6.32. The van der Waals surface area contributed by atoms with Crippen LogP contribution in [-0.2, 0) is 6.42 Å². The van der Waals surface area contributed by atoms with Crippen molar-refractivity contribution in [3.63, 3.8) is 0 Å². The van der Waals surface area contributed by atoms with Gasteiger partial charge in [-0.15, -0.1) is 0 Å². The predicted octanol–water partition coefficient (Wildman–Crippen LogP) is 2.34. The van der Waals surface area contributed by atoms with Crippen LogP contribution < -0.4 is 10.5 Å². The second kappa shape index (κ2) is 5.80. The zero-order chi connectivity index (χ0) is 13.8. The Morgan fingerprint density at radius 1 is 1.21 bits per heavy atom. The van der Waals surface area contributed by atoms with Gasteiger partial charge < -0.3 is 10.5 Å². The lowest BCUT2D eigenvalue weighted by Gasteiger charge is -2.17. The summed E-state index contributed by atoms with van der Waals surface area (Å²) in [5.74, 6) is 0.568. The second-order valence-corrected chi connectivity index (χ2v) is 4.67. The van der Waals surface area contributed by atoms with Crippen molar-refractivity contribution in [2.45, 2.75) is 26.3 Å². The van der Waals surface area contributed by atoms with Crippen LogP contribution in [0.3, 0.4) is 0 Å². The van der Waals surface area contributed by atoms with Gasteiger partial charge >= 0.3 is 0 Å². The molecule has 1 unspecified atom stereocenters. The molecule has 0 radical (unpaired) electrons. The standard InChI is InChI=1S/C15H19N3O/c1-10-5-4-6-11(2)15(10)13(16)7-12-8-14(19-3)18-9-17-12/h4-6,8-9,13H,7,16H2,1-3H3. The number of aryl methyl sites for hydroxylation is 2. The first-order chi connectivity index (χ1) is 9.11. The average Bonchev–Trinajstić information content (AvgIpc) is 2.38. The van der Waals surface area contributed by atoms with Crippen LogP contribution in [0.15, 0.2) is 30.6 Å². The summed E-state index contributed by atoms with van der Waals surface area (Å²) in [5.41, 5.74) is 10.8. The van der Waals surface area contributed by atoms with Gasteiger partial charge in [0.15, 0.2) is 0 Å². The van der Waals surface area contributed by atoms with Gasteiger partial charge in [-0.05, 0) is 30.5 Å². The van der Waals surface area contributed by atoms with Crippen LogP contribution in [0.2, 0.25) is 0 Å². The predicted molar refractivity (Wildman–Crippen MR) is 75.1 cm³/mol. The molecule has 1 atom stereocenters. The summed E-state index contributed by atoms with van der Waals surface area (Å²) < 4.78 is 5.10. The third-order valence-corrected chi connectivity index (χ3v) is 3.25. The maximum Gasteiger partial charge on any atom is 0.216 e. The number of ether oxygens (including phenoxy) is 1. The van der Waals surface area contributed by atoms with Crippen LogP contribution in [-0.4, -0.2) is 17.1 Å². The van der Waals surface area contributed by atoms with Gasteiger partial charge in [-0.1, -0.05) is 18.2 Å². The molecule has 2 rings (SSSR count). The van der Waals surface area contributed by atoms with E-state index in [0.29, 0.717) is 12.3 Å². The van der Waals surface area contributed by atoms with Crippen LogP contribution in [0.25, 0.3) is 0 Å². The lowest BCUT2D eigenvalue weighted by molar-refractivity contribution is 0.395. The SMILES string of the molecule is COc1cc(CC(N)c2c(C)cccc2C)ncn1. The molecule has 19 heavy (non-hydrogen) atoms. The summed E-state index contributed by atoms with van der Waals surface area (Å²) in [4.78, 5) is 8.24. The Kier molecular flexibility index (Phi) is 4.12. The molecule has 0 aliphatic heterocycles. The van der Waals surface area contributed by atoms with E-state index in [1.807, 2.05) is 6.07 Å². The minimum absolute atomic E-state index is 0.0687. The monoisotopic (exact) mass is 257 g/mol. The molecule has 2 aromatic rings. The molecule has 1 heterocycles. The summed E-state index contributed by atoms with van der Waals surface area (Å²) in [6, 6.07) is 7.98. The van der Waals surface area contributed by atoms with E-state index >= 15 is 0 Å². The zero-order valence-electron chi connectivity index (χ0n) is 11.6. The molecule has 1 aromatic carbocycles. The minimum atomic E-state index is -0.0687. The molecule has 1 aromatic heterocycles. The number of hydrogen-bond acceptors (Lipinski definition) is 4. The van der Waals surface area contributed by atoms with E-state index in [0.717, 1.165) is 5.69 Å². The highest BCUT2D eigenvalue weighted by Gasteiger charge is 2.13. The molecule has 0 aliphatic carbocycles. The number of nitrogens with zero attached hydrogens (tertiary/aromatic N) is 2. The molecule has 0 amide bonds. The molecule has 0 spiro atoms. The highest BCUT2D eigenvalue weighted by atomic mass is 16.5. The first-order valence-corrected chi connectivity index (χ1v) is 6.28. The van der Waals surface area contributed by atoms with E-state index in [9.17, 15) is 0 Å². The molecule has 4 nitrogen and oxygen atoms in total. The molecule has 0 bridgehead atoms. The molecular weight excluding hydrogens is 238 g/mol. The van der Waals surface area contributed by atoms with Gasteiger partial charge in [-0.25, -0.2) is 9.97 Å². The fraction of sp³-hybridized carbons (Fsp3) is 0.333. The number of hydrogen-bond donors (Lipinski definition) is 1. The van der Waals surface area contributed by atoms with Gasteiger partial charge in [0, 0.05) is 24.2 Å². The van der Waals surface area contributed by atoms with E-state index in [4.69, 9.17) is 10.5 Å². The number of benzene rings is 1. The largest absolute Gasteiger partial charge is 0.481 e. The summed E-state index contributed by atoms with van der Waals surface area (Å²) in [5, 5.41) is 0. The number of aromatic nitrogens is 2. The topological polar surface area (TPSA) is 61.0 Å². The van der Waals surface area contributed by atoms with Crippen molar-refractivity contribution in [1.82, 2.24) is 9.97 Å². The summed E-state index contributed by atoms with van der Waals surface area (Å²) in [7, 11) is 1.59. The Bertz CT molecular complexity index is 549. The molecule has 0 aliphatic rings. The minimum Gasteiger partial charge on any atom is -0.481 e. The Hall–Kier alpha value is -1.94. The maximum absolute atomic E-state index is 6.32. The van der Waals surface area contributed by atoms with Crippen molar-refractivity contribution < 1.29 is 4.74 Å². The van der Waals surface area contributed by atoms with Gasteiger partial charge in [-0.2, -0.15) is 0 Å². The third kappa shape index (κ3) is 3.09. The van der Waals surface area contributed by atoms with Crippen LogP contribution in [0, 0.1) is 13.8 Å². The van der Waals surface area contributed by atoms with Gasteiger partial charge in [0.2, 0.25) is 5.88 Å². The Balaban J connectivity index is 2.23. The third-order valence-electron chi connectivity index (χ3n) is 3.25. The van der Waals surface area contributed by atoms with Crippen molar-refractivity contribution in [1.29, 1.82) is 0 Å². The highest BCUT2D eigenvalue weighted by molar-refractivity contribution is 5.36. The van der Waals surface area contributed by atoms with Crippen molar-refractivity contribution in [3.05, 3.63) is 53.0 Å². The van der Waals surface area contributed by atoms with Crippen LogP contribution in [0.5, 0.6) is 5.88 Å². The number of nitrogens with two attached hydrogens (primary N) is 1. The fourth-order valence-electron chi connectivity index (χ4n) is 2.34. The van der Waals surface area contributed by atoms with Crippen molar-refractivity contribution in [3.8, 4) is 5.88 Å². The highest BCUT2D eigenvalue weighted by Crippen LogP contribution is 2.23. The van der Waals surface area contributed by atoms with Crippen LogP contribution >= 0.6 is 0 Å².